The zero-order chi connectivity index (χ0) is 11.5. The van der Waals surface area contributed by atoms with E-state index in [9.17, 15) is 0 Å². The van der Waals surface area contributed by atoms with Crippen LogP contribution in [0.25, 0.3) is 11.0 Å². The molecule has 6 heteroatoms. The normalized spacial score (nSPS) is 10.0. The molecule has 2 rings (SSSR count). The Morgan fingerprint density at radius 2 is 1.94 bits per heavy atom. The summed E-state index contributed by atoms with van der Waals surface area (Å²) in [5.41, 5.74) is 4.78. The third-order valence-electron chi connectivity index (χ3n) is 2.71. The molecule has 0 bridgehead atoms. The van der Waals surface area contributed by atoms with Crippen molar-refractivity contribution in [2.75, 3.05) is 5.43 Å². The molecule has 0 radical (unpaired) electrons. The van der Waals surface area contributed by atoms with Crippen molar-refractivity contribution < 1.29 is 0 Å². The van der Waals surface area contributed by atoms with Gasteiger partial charge in [-0.2, -0.15) is 0 Å². The first-order valence-electron chi connectivity index (χ1n) is 5.64. The van der Waals surface area contributed by atoms with Crippen molar-refractivity contribution in [3.05, 3.63) is 24.3 Å². The molecule has 0 saturated heterocycles. The quantitative estimate of drug-likeness (QED) is 0.672. The average molecular weight is 291 g/mol. The Morgan fingerprint density at radius 1 is 1.28 bits per heavy atom. The molecule has 3 N–H and O–H groups in total. The lowest BCUT2D eigenvalue weighted by molar-refractivity contribution is 0.525. The van der Waals surface area contributed by atoms with Crippen LogP contribution in [0.3, 0.4) is 0 Å². The molecule has 102 valence electrons. The van der Waals surface area contributed by atoms with E-state index in [1.807, 2.05) is 18.2 Å². The molecule has 0 amide bonds. The number of para-hydroxylation sites is 2. The van der Waals surface area contributed by atoms with Crippen LogP contribution in [0.1, 0.15) is 20.3 Å². The van der Waals surface area contributed by atoms with Crippen LogP contribution in [0.15, 0.2) is 24.3 Å². The van der Waals surface area contributed by atoms with Crippen LogP contribution in [0.5, 0.6) is 0 Å². The van der Waals surface area contributed by atoms with Gasteiger partial charge in [0, 0.05) is 6.54 Å². The molecular weight excluding hydrogens is 271 g/mol. The SMILES string of the molecule is CC(C)CCn1c(NN)nc2ccccc21.Cl.Cl. The zero-order valence-electron chi connectivity index (χ0n) is 10.6. The van der Waals surface area contributed by atoms with Crippen LogP contribution in [-0.2, 0) is 6.54 Å². The topological polar surface area (TPSA) is 55.9 Å². The number of nitrogens with one attached hydrogen (secondary N) is 1. The highest BCUT2D eigenvalue weighted by Gasteiger charge is 2.09. The summed E-state index contributed by atoms with van der Waals surface area (Å²) in [7, 11) is 0. The molecule has 0 saturated carbocycles. The minimum Gasteiger partial charge on any atom is -0.309 e. The van der Waals surface area contributed by atoms with E-state index < -0.39 is 0 Å². The monoisotopic (exact) mass is 290 g/mol. The predicted molar refractivity (Wildman–Crippen MR) is 81.5 cm³/mol. The lowest BCUT2D eigenvalue weighted by atomic mass is 10.1. The van der Waals surface area contributed by atoms with Gasteiger partial charge >= 0.3 is 0 Å². The van der Waals surface area contributed by atoms with Crippen LogP contribution >= 0.6 is 24.8 Å². The summed E-state index contributed by atoms with van der Waals surface area (Å²) in [6, 6.07) is 8.09. The average Bonchev–Trinajstić information content (AvgIpc) is 2.64. The second kappa shape index (κ2) is 7.46. The summed E-state index contributed by atoms with van der Waals surface area (Å²) in [5.74, 6) is 6.90. The molecule has 0 aliphatic heterocycles. The maximum Gasteiger partial charge on any atom is 0.218 e. The molecule has 2 aromatic rings. The molecule has 0 fully saturated rings. The van der Waals surface area contributed by atoms with E-state index in [-0.39, 0.29) is 24.8 Å². The summed E-state index contributed by atoms with van der Waals surface area (Å²) in [5, 5.41) is 0. The van der Waals surface area contributed by atoms with E-state index >= 15 is 0 Å². The Bertz CT molecular complexity index is 482. The summed E-state index contributed by atoms with van der Waals surface area (Å²) in [6.45, 7) is 5.38. The van der Waals surface area contributed by atoms with Crippen molar-refractivity contribution in [2.45, 2.75) is 26.8 Å². The maximum atomic E-state index is 5.49. The molecule has 0 spiro atoms. The summed E-state index contributed by atoms with van der Waals surface area (Å²) in [4.78, 5) is 4.44. The van der Waals surface area contributed by atoms with E-state index in [1.54, 1.807) is 0 Å². The molecule has 4 nitrogen and oxygen atoms in total. The third kappa shape index (κ3) is 3.51. The molecule has 0 aliphatic rings. The number of hydrogen-bond acceptors (Lipinski definition) is 3. The van der Waals surface area contributed by atoms with Crippen molar-refractivity contribution >= 4 is 41.8 Å². The second-order valence-electron chi connectivity index (χ2n) is 4.40. The number of benzene rings is 1. The molecule has 0 aliphatic carbocycles. The number of rotatable bonds is 4. The van der Waals surface area contributed by atoms with E-state index in [0.29, 0.717) is 5.92 Å². The van der Waals surface area contributed by atoms with Gasteiger partial charge in [0.1, 0.15) is 0 Å². The van der Waals surface area contributed by atoms with Gasteiger partial charge in [-0.1, -0.05) is 26.0 Å². The number of hydrazine groups is 1. The minimum absolute atomic E-state index is 0. The van der Waals surface area contributed by atoms with Crippen LogP contribution in [0.2, 0.25) is 0 Å². The van der Waals surface area contributed by atoms with Gasteiger partial charge in [0.15, 0.2) is 0 Å². The number of anilines is 1. The molecule has 1 aromatic carbocycles. The molecule has 0 unspecified atom stereocenters. The fraction of sp³-hybridized carbons (Fsp3) is 0.417. The lowest BCUT2D eigenvalue weighted by Gasteiger charge is -2.09. The van der Waals surface area contributed by atoms with Gasteiger partial charge in [-0.25, -0.2) is 10.8 Å². The predicted octanol–water partition coefficient (Wildman–Crippen LogP) is 3.21. The summed E-state index contributed by atoms with van der Waals surface area (Å²) >= 11 is 0. The second-order valence-corrected chi connectivity index (χ2v) is 4.40. The number of imidazole rings is 1. The Kier molecular flexibility index (Phi) is 7.06. The first kappa shape index (κ1) is 17.0. The lowest BCUT2D eigenvalue weighted by Crippen LogP contribution is -2.14. The number of hydrogen-bond donors (Lipinski definition) is 2. The first-order valence-corrected chi connectivity index (χ1v) is 5.64. The highest BCUT2D eigenvalue weighted by molar-refractivity contribution is 5.85. The van der Waals surface area contributed by atoms with Crippen LogP contribution in [0, 0.1) is 5.92 Å². The molecule has 0 atom stereocenters. The van der Waals surface area contributed by atoms with Gasteiger partial charge in [0.25, 0.3) is 0 Å². The van der Waals surface area contributed by atoms with E-state index in [1.165, 1.54) is 0 Å². The van der Waals surface area contributed by atoms with Crippen LogP contribution in [-0.4, -0.2) is 9.55 Å². The van der Waals surface area contributed by atoms with Gasteiger partial charge in [-0.15, -0.1) is 24.8 Å². The van der Waals surface area contributed by atoms with Crippen molar-refractivity contribution in [3.8, 4) is 0 Å². The largest absolute Gasteiger partial charge is 0.309 e. The maximum absolute atomic E-state index is 5.49. The minimum atomic E-state index is 0. The van der Waals surface area contributed by atoms with Crippen molar-refractivity contribution in [2.24, 2.45) is 11.8 Å². The smallest absolute Gasteiger partial charge is 0.218 e. The highest BCUT2D eigenvalue weighted by Crippen LogP contribution is 2.20. The molecule has 1 heterocycles. The van der Waals surface area contributed by atoms with Gasteiger partial charge in [-0.05, 0) is 24.5 Å². The Balaban J connectivity index is 0.00000144. The summed E-state index contributed by atoms with van der Waals surface area (Å²) < 4.78 is 2.13. The van der Waals surface area contributed by atoms with Crippen LogP contribution < -0.4 is 11.3 Å². The van der Waals surface area contributed by atoms with Gasteiger partial charge in [0.2, 0.25) is 5.95 Å². The molecular formula is C12H20Cl2N4. The molecule has 18 heavy (non-hydrogen) atoms. The Hall–Kier alpha value is -0.970. The first-order chi connectivity index (χ1) is 7.72. The van der Waals surface area contributed by atoms with E-state index in [0.717, 1.165) is 29.9 Å². The van der Waals surface area contributed by atoms with Crippen LogP contribution in [0.4, 0.5) is 5.95 Å². The standard InChI is InChI=1S/C12H18N4.2ClH/c1-9(2)7-8-16-11-6-4-3-5-10(11)14-12(16)15-13;;/h3-6,9H,7-8,13H2,1-2H3,(H,14,15);2*1H. The van der Waals surface area contributed by atoms with Gasteiger partial charge in [-0.3, -0.25) is 5.43 Å². The number of halogens is 2. The van der Waals surface area contributed by atoms with E-state index in [4.69, 9.17) is 5.84 Å². The number of nitrogens with zero attached hydrogens (tertiary/aromatic N) is 2. The van der Waals surface area contributed by atoms with E-state index in [2.05, 4.69) is 34.9 Å². The fourth-order valence-electron chi connectivity index (χ4n) is 1.80. The number of aryl methyl sites for hydroxylation is 1. The number of aromatic nitrogens is 2. The third-order valence-corrected chi connectivity index (χ3v) is 2.71. The number of nitrogens with two attached hydrogens (primary N) is 1. The number of nitrogen functional groups attached to an aromatic ring is 1. The zero-order valence-corrected chi connectivity index (χ0v) is 12.2. The fourth-order valence-corrected chi connectivity index (χ4v) is 1.80. The Morgan fingerprint density at radius 3 is 2.56 bits per heavy atom. The Labute approximate surface area is 120 Å². The van der Waals surface area contributed by atoms with Crippen molar-refractivity contribution in [1.82, 2.24) is 9.55 Å². The van der Waals surface area contributed by atoms with Gasteiger partial charge < -0.3 is 4.57 Å². The highest BCUT2D eigenvalue weighted by atomic mass is 35.5. The van der Waals surface area contributed by atoms with Crippen molar-refractivity contribution in [1.29, 1.82) is 0 Å². The number of fused-ring (bicyclic) bond motifs is 1. The van der Waals surface area contributed by atoms with Crippen molar-refractivity contribution in [3.63, 3.8) is 0 Å². The van der Waals surface area contributed by atoms with Gasteiger partial charge in [0.05, 0.1) is 11.0 Å². The summed E-state index contributed by atoms with van der Waals surface area (Å²) in [6.07, 6.45) is 1.12. The molecule has 1 aromatic heterocycles.